The first kappa shape index (κ1) is 13.8. The molecule has 3 rings (SSSR count). The average Bonchev–Trinajstić information content (AvgIpc) is 2.91. The van der Waals surface area contributed by atoms with Crippen LogP contribution in [0.1, 0.15) is 24.6 Å². The zero-order valence-electron chi connectivity index (χ0n) is 11.8. The molecule has 0 spiro atoms. The first-order chi connectivity index (χ1) is 9.85. The Morgan fingerprint density at radius 1 is 1.20 bits per heavy atom. The SMILES string of the molecule is CCOC1CC(NCc2cc(-c3ccccc3)cs2)C1. The maximum atomic E-state index is 5.58. The monoisotopic (exact) mass is 287 g/mol. The van der Waals surface area contributed by atoms with Crippen LogP contribution in [0.2, 0.25) is 0 Å². The summed E-state index contributed by atoms with van der Waals surface area (Å²) in [5, 5.41) is 5.87. The van der Waals surface area contributed by atoms with Crippen molar-refractivity contribution in [2.24, 2.45) is 0 Å². The fourth-order valence-corrected chi connectivity index (χ4v) is 3.45. The smallest absolute Gasteiger partial charge is 0.0604 e. The van der Waals surface area contributed by atoms with Gasteiger partial charge in [0.15, 0.2) is 0 Å². The number of hydrogen-bond acceptors (Lipinski definition) is 3. The molecule has 0 atom stereocenters. The molecule has 2 aromatic rings. The lowest BCUT2D eigenvalue weighted by Gasteiger charge is -2.35. The van der Waals surface area contributed by atoms with Crippen LogP contribution < -0.4 is 5.32 Å². The van der Waals surface area contributed by atoms with Gasteiger partial charge >= 0.3 is 0 Å². The number of rotatable bonds is 6. The molecule has 1 aromatic carbocycles. The fraction of sp³-hybridized carbons (Fsp3) is 0.412. The van der Waals surface area contributed by atoms with Crippen molar-refractivity contribution in [3.63, 3.8) is 0 Å². The Labute approximate surface area is 124 Å². The number of ether oxygens (including phenoxy) is 1. The van der Waals surface area contributed by atoms with E-state index in [-0.39, 0.29) is 0 Å². The van der Waals surface area contributed by atoms with Crippen molar-refractivity contribution in [3.8, 4) is 11.1 Å². The predicted octanol–water partition coefficient (Wildman–Crippen LogP) is 4.07. The highest BCUT2D eigenvalue weighted by atomic mass is 32.1. The van der Waals surface area contributed by atoms with Gasteiger partial charge in [-0.1, -0.05) is 30.3 Å². The van der Waals surface area contributed by atoms with Gasteiger partial charge in [0.05, 0.1) is 6.10 Å². The molecule has 1 heterocycles. The van der Waals surface area contributed by atoms with Crippen molar-refractivity contribution in [1.29, 1.82) is 0 Å². The van der Waals surface area contributed by atoms with Crippen LogP contribution in [0.25, 0.3) is 11.1 Å². The van der Waals surface area contributed by atoms with E-state index < -0.39 is 0 Å². The van der Waals surface area contributed by atoms with Crippen LogP contribution in [-0.2, 0) is 11.3 Å². The molecule has 106 valence electrons. The van der Waals surface area contributed by atoms with Gasteiger partial charge in [0, 0.05) is 24.1 Å². The van der Waals surface area contributed by atoms with Crippen LogP contribution >= 0.6 is 11.3 Å². The van der Waals surface area contributed by atoms with Gasteiger partial charge in [-0.05, 0) is 42.3 Å². The van der Waals surface area contributed by atoms with E-state index >= 15 is 0 Å². The van der Waals surface area contributed by atoms with Crippen molar-refractivity contribution < 1.29 is 4.74 Å². The summed E-state index contributed by atoms with van der Waals surface area (Å²) in [6.07, 6.45) is 2.80. The third-order valence-electron chi connectivity index (χ3n) is 3.82. The van der Waals surface area contributed by atoms with Crippen molar-refractivity contribution in [3.05, 3.63) is 46.7 Å². The lowest BCUT2D eigenvalue weighted by atomic mass is 9.89. The second-order valence-electron chi connectivity index (χ2n) is 5.29. The normalized spacial score (nSPS) is 21.6. The summed E-state index contributed by atoms with van der Waals surface area (Å²) in [6, 6.07) is 13.5. The molecule has 1 aliphatic rings. The lowest BCUT2D eigenvalue weighted by Crippen LogP contribution is -2.44. The molecular weight excluding hydrogens is 266 g/mol. The second-order valence-corrected chi connectivity index (χ2v) is 6.29. The molecule has 0 radical (unpaired) electrons. The molecule has 1 saturated carbocycles. The summed E-state index contributed by atoms with van der Waals surface area (Å²) in [7, 11) is 0. The minimum Gasteiger partial charge on any atom is -0.378 e. The highest BCUT2D eigenvalue weighted by Crippen LogP contribution is 2.27. The minimum atomic E-state index is 0.487. The van der Waals surface area contributed by atoms with Gasteiger partial charge in [-0.15, -0.1) is 11.3 Å². The molecule has 0 amide bonds. The Morgan fingerprint density at radius 3 is 2.75 bits per heavy atom. The summed E-state index contributed by atoms with van der Waals surface area (Å²) in [4.78, 5) is 1.41. The number of hydrogen-bond donors (Lipinski definition) is 1. The van der Waals surface area contributed by atoms with E-state index in [9.17, 15) is 0 Å². The van der Waals surface area contributed by atoms with E-state index in [1.54, 1.807) is 0 Å². The van der Waals surface area contributed by atoms with Gasteiger partial charge in [-0.3, -0.25) is 0 Å². The van der Waals surface area contributed by atoms with Crippen LogP contribution in [0, 0.1) is 0 Å². The molecule has 1 aliphatic carbocycles. The first-order valence-electron chi connectivity index (χ1n) is 7.33. The van der Waals surface area contributed by atoms with Crippen LogP contribution in [0.15, 0.2) is 41.8 Å². The predicted molar refractivity (Wildman–Crippen MR) is 85.0 cm³/mol. The van der Waals surface area contributed by atoms with Crippen LogP contribution in [0.3, 0.4) is 0 Å². The number of thiophene rings is 1. The van der Waals surface area contributed by atoms with Gasteiger partial charge in [-0.25, -0.2) is 0 Å². The molecule has 1 aromatic heterocycles. The van der Waals surface area contributed by atoms with E-state index in [0.717, 1.165) is 26.0 Å². The van der Waals surface area contributed by atoms with Gasteiger partial charge in [-0.2, -0.15) is 0 Å². The Bertz CT molecular complexity index is 531. The lowest BCUT2D eigenvalue weighted by molar-refractivity contribution is -0.0101. The van der Waals surface area contributed by atoms with Crippen LogP contribution in [-0.4, -0.2) is 18.8 Å². The molecular formula is C17H21NOS. The Balaban J connectivity index is 1.49. The molecule has 0 saturated heterocycles. The van der Waals surface area contributed by atoms with E-state index in [2.05, 4.69) is 54.0 Å². The molecule has 0 unspecified atom stereocenters. The molecule has 1 fully saturated rings. The highest BCUT2D eigenvalue weighted by molar-refractivity contribution is 7.10. The second kappa shape index (κ2) is 6.53. The largest absolute Gasteiger partial charge is 0.378 e. The Hall–Kier alpha value is -1.16. The molecule has 20 heavy (non-hydrogen) atoms. The van der Waals surface area contributed by atoms with Gasteiger partial charge in [0.2, 0.25) is 0 Å². The molecule has 0 aliphatic heterocycles. The van der Waals surface area contributed by atoms with E-state index in [4.69, 9.17) is 4.74 Å². The maximum absolute atomic E-state index is 5.58. The van der Waals surface area contributed by atoms with Crippen molar-refractivity contribution in [2.75, 3.05) is 6.61 Å². The summed E-state index contributed by atoms with van der Waals surface area (Å²) >= 11 is 1.84. The quantitative estimate of drug-likeness (QED) is 0.864. The van der Waals surface area contributed by atoms with Crippen molar-refractivity contribution in [1.82, 2.24) is 5.32 Å². The third kappa shape index (κ3) is 3.29. The summed E-state index contributed by atoms with van der Waals surface area (Å²) in [6.45, 7) is 3.88. The summed E-state index contributed by atoms with van der Waals surface area (Å²) in [5.74, 6) is 0. The summed E-state index contributed by atoms with van der Waals surface area (Å²) in [5.41, 5.74) is 2.63. The minimum absolute atomic E-state index is 0.487. The van der Waals surface area contributed by atoms with E-state index in [0.29, 0.717) is 12.1 Å². The Kier molecular flexibility index (Phi) is 4.51. The maximum Gasteiger partial charge on any atom is 0.0604 e. The van der Waals surface area contributed by atoms with Crippen molar-refractivity contribution >= 4 is 11.3 Å². The third-order valence-corrected chi connectivity index (χ3v) is 4.76. The molecule has 1 N–H and O–H groups in total. The highest BCUT2D eigenvalue weighted by Gasteiger charge is 2.28. The summed E-state index contributed by atoms with van der Waals surface area (Å²) < 4.78 is 5.58. The number of benzene rings is 1. The first-order valence-corrected chi connectivity index (χ1v) is 8.21. The van der Waals surface area contributed by atoms with Crippen molar-refractivity contribution in [2.45, 2.75) is 38.5 Å². The number of nitrogens with one attached hydrogen (secondary N) is 1. The Morgan fingerprint density at radius 2 is 2.00 bits per heavy atom. The standard InChI is InChI=1S/C17H21NOS/c1-2-19-16-9-15(10-16)18-11-17-8-14(12-20-17)13-6-4-3-5-7-13/h3-8,12,15-16,18H,2,9-11H2,1H3. The molecule has 0 bridgehead atoms. The van der Waals surface area contributed by atoms with Crippen LogP contribution in [0.4, 0.5) is 0 Å². The van der Waals surface area contributed by atoms with Gasteiger partial charge in [0.25, 0.3) is 0 Å². The topological polar surface area (TPSA) is 21.3 Å². The zero-order valence-corrected chi connectivity index (χ0v) is 12.7. The molecule has 2 nitrogen and oxygen atoms in total. The zero-order chi connectivity index (χ0) is 13.8. The van der Waals surface area contributed by atoms with Gasteiger partial charge in [0.1, 0.15) is 0 Å². The van der Waals surface area contributed by atoms with E-state index in [1.165, 1.54) is 16.0 Å². The van der Waals surface area contributed by atoms with E-state index in [1.807, 2.05) is 11.3 Å². The van der Waals surface area contributed by atoms with Crippen LogP contribution in [0.5, 0.6) is 0 Å². The average molecular weight is 287 g/mol. The molecule has 3 heteroatoms. The van der Waals surface area contributed by atoms with Gasteiger partial charge < -0.3 is 10.1 Å². The fourth-order valence-electron chi connectivity index (χ4n) is 2.60.